The summed E-state index contributed by atoms with van der Waals surface area (Å²) in [7, 11) is 0. The van der Waals surface area contributed by atoms with Crippen LogP contribution in [0.25, 0.3) is 0 Å². The lowest BCUT2D eigenvalue weighted by Crippen LogP contribution is -2.22. The summed E-state index contributed by atoms with van der Waals surface area (Å²) in [5, 5.41) is 10.4. The highest BCUT2D eigenvalue weighted by atomic mass is 16.5. The molecule has 0 amide bonds. The maximum Gasteiger partial charge on any atom is 0.123 e. The Balaban J connectivity index is 1.78. The Hall–Kier alpha value is -1.06. The van der Waals surface area contributed by atoms with Crippen molar-refractivity contribution in [1.82, 2.24) is 0 Å². The van der Waals surface area contributed by atoms with E-state index in [9.17, 15) is 5.11 Å². The minimum atomic E-state index is -0.366. The van der Waals surface area contributed by atoms with Gasteiger partial charge in [-0.25, -0.2) is 0 Å². The number of rotatable bonds is 2. The molecule has 1 N–H and O–H groups in total. The van der Waals surface area contributed by atoms with Crippen molar-refractivity contribution < 1.29 is 14.6 Å². The fraction of sp³-hybridized carbons (Fsp3) is 0.600. The van der Waals surface area contributed by atoms with Gasteiger partial charge in [0.15, 0.2) is 0 Å². The second kappa shape index (κ2) is 4.90. The van der Waals surface area contributed by atoms with Gasteiger partial charge in [0.05, 0.1) is 6.10 Å². The number of aliphatic hydroxyl groups excluding tert-OH is 1. The van der Waals surface area contributed by atoms with Gasteiger partial charge < -0.3 is 14.6 Å². The molecule has 0 aromatic heterocycles. The van der Waals surface area contributed by atoms with Gasteiger partial charge in [-0.3, -0.25) is 0 Å². The van der Waals surface area contributed by atoms with Crippen molar-refractivity contribution in [2.45, 2.75) is 38.4 Å². The van der Waals surface area contributed by atoms with Crippen LogP contribution in [0.15, 0.2) is 18.2 Å². The molecule has 1 aromatic carbocycles. The highest BCUT2D eigenvalue weighted by molar-refractivity contribution is 5.41. The van der Waals surface area contributed by atoms with Crippen molar-refractivity contribution in [1.29, 1.82) is 0 Å². The topological polar surface area (TPSA) is 38.7 Å². The van der Waals surface area contributed by atoms with E-state index < -0.39 is 0 Å². The van der Waals surface area contributed by atoms with E-state index in [0.717, 1.165) is 43.8 Å². The minimum absolute atomic E-state index is 0.260. The van der Waals surface area contributed by atoms with E-state index in [1.807, 2.05) is 12.1 Å². The van der Waals surface area contributed by atoms with Crippen LogP contribution in [-0.2, 0) is 11.2 Å². The normalized spacial score (nSPS) is 25.6. The zero-order valence-corrected chi connectivity index (χ0v) is 10.8. The smallest absolute Gasteiger partial charge is 0.123 e. The van der Waals surface area contributed by atoms with Gasteiger partial charge >= 0.3 is 0 Å². The lowest BCUT2D eigenvalue weighted by molar-refractivity contribution is 0.00716. The molecule has 2 atom stereocenters. The number of fused-ring (bicyclic) bond motifs is 1. The summed E-state index contributed by atoms with van der Waals surface area (Å²) in [5.74, 6) is 1.31. The summed E-state index contributed by atoms with van der Waals surface area (Å²) in [6.07, 6.45) is 2.74. The fourth-order valence-corrected chi connectivity index (χ4v) is 2.93. The summed E-state index contributed by atoms with van der Waals surface area (Å²) in [5.41, 5.74) is 2.25. The zero-order valence-electron chi connectivity index (χ0n) is 10.8. The molecule has 3 nitrogen and oxygen atoms in total. The third-order valence-electron chi connectivity index (χ3n) is 3.97. The Morgan fingerprint density at radius 1 is 1.28 bits per heavy atom. The van der Waals surface area contributed by atoms with Crippen LogP contribution >= 0.6 is 0 Å². The van der Waals surface area contributed by atoms with Crippen molar-refractivity contribution in [3.05, 3.63) is 29.3 Å². The molecular weight excluding hydrogens is 228 g/mol. The molecule has 0 bridgehead atoms. The molecule has 0 aliphatic carbocycles. The first-order valence-electron chi connectivity index (χ1n) is 6.79. The van der Waals surface area contributed by atoms with E-state index in [1.165, 1.54) is 5.56 Å². The van der Waals surface area contributed by atoms with Crippen LogP contribution < -0.4 is 4.74 Å². The lowest BCUT2D eigenvalue weighted by Gasteiger charge is -2.27. The monoisotopic (exact) mass is 248 g/mol. The molecule has 2 aliphatic heterocycles. The SMILES string of the molecule is CC1Cc2cc(C(O)C3CCOCC3)ccc2O1. The molecule has 0 radical (unpaired) electrons. The van der Waals surface area contributed by atoms with E-state index in [1.54, 1.807) is 0 Å². The Morgan fingerprint density at radius 2 is 2.06 bits per heavy atom. The Kier molecular flexibility index (Phi) is 3.27. The Labute approximate surface area is 108 Å². The molecule has 3 rings (SSSR count). The quantitative estimate of drug-likeness (QED) is 0.873. The molecule has 3 heteroatoms. The number of aliphatic hydroxyl groups is 1. The van der Waals surface area contributed by atoms with Gasteiger partial charge in [-0.05, 0) is 48.9 Å². The summed E-state index contributed by atoms with van der Waals surface area (Å²) in [6.45, 7) is 3.62. The first-order chi connectivity index (χ1) is 8.74. The van der Waals surface area contributed by atoms with Crippen molar-refractivity contribution in [3.8, 4) is 5.75 Å². The molecule has 18 heavy (non-hydrogen) atoms. The third kappa shape index (κ3) is 2.25. The van der Waals surface area contributed by atoms with Crippen molar-refractivity contribution in [2.75, 3.05) is 13.2 Å². The average molecular weight is 248 g/mol. The highest BCUT2D eigenvalue weighted by Gasteiger charge is 2.26. The Morgan fingerprint density at radius 3 is 2.83 bits per heavy atom. The third-order valence-corrected chi connectivity index (χ3v) is 3.97. The fourth-order valence-electron chi connectivity index (χ4n) is 2.93. The van der Waals surface area contributed by atoms with Crippen LogP contribution in [0.1, 0.15) is 37.0 Å². The summed E-state index contributed by atoms with van der Waals surface area (Å²) >= 11 is 0. The standard InChI is InChI=1S/C15H20O3/c1-10-8-13-9-12(2-3-14(13)18-10)15(16)11-4-6-17-7-5-11/h2-3,9-11,15-16H,4-8H2,1H3. The number of hydrogen-bond donors (Lipinski definition) is 1. The van der Waals surface area contributed by atoms with E-state index in [4.69, 9.17) is 9.47 Å². The van der Waals surface area contributed by atoms with Crippen molar-refractivity contribution >= 4 is 0 Å². The van der Waals surface area contributed by atoms with E-state index >= 15 is 0 Å². The summed E-state index contributed by atoms with van der Waals surface area (Å²) in [4.78, 5) is 0. The molecule has 2 aliphatic rings. The van der Waals surface area contributed by atoms with Crippen LogP contribution in [0.5, 0.6) is 5.75 Å². The predicted octanol–water partition coefficient (Wildman–Crippen LogP) is 2.47. The maximum atomic E-state index is 10.4. The van der Waals surface area contributed by atoms with Gasteiger partial charge in [0.1, 0.15) is 11.9 Å². The largest absolute Gasteiger partial charge is 0.490 e. The zero-order chi connectivity index (χ0) is 12.5. The first-order valence-corrected chi connectivity index (χ1v) is 6.79. The van der Waals surface area contributed by atoms with Crippen LogP contribution in [0.3, 0.4) is 0 Å². The first kappa shape index (κ1) is 12.0. The molecule has 0 spiro atoms. The molecule has 1 aromatic rings. The van der Waals surface area contributed by atoms with E-state index in [2.05, 4.69) is 13.0 Å². The van der Waals surface area contributed by atoms with Crippen molar-refractivity contribution in [3.63, 3.8) is 0 Å². The van der Waals surface area contributed by atoms with Gasteiger partial charge in [-0.1, -0.05) is 6.07 Å². The number of benzene rings is 1. The molecule has 2 unspecified atom stereocenters. The molecule has 0 saturated carbocycles. The van der Waals surface area contributed by atoms with Crippen molar-refractivity contribution in [2.24, 2.45) is 5.92 Å². The van der Waals surface area contributed by atoms with Gasteiger partial charge in [0, 0.05) is 19.6 Å². The summed E-state index contributed by atoms with van der Waals surface area (Å²) < 4.78 is 11.0. The number of hydrogen-bond acceptors (Lipinski definition) is 3. The minimum Gasteiger partial charge on any atom is -0.490 e. The Bertz CT molecular complexity index is 424. The highest BCUT2D eigenvalue weighted by Crippen LogP contribution is 2.35. The van der Waals surface area contributed by atoms with Gasteiger partial charge in [0.25, 0.3) is 0 Å². The van der Waals surface area contributed by atoms with E-state index in [0.29, 0.717) is 5.92 Å². The molecular formula is C15H20O3. The van der Waals surface area contributed by atoms with Crippen LogP contribution in [0.4, 0.5) is 0 Å². The van der Waals surface area contributed by atoms with Gasteiger partial charge in [-0.2, -0.15) is 0 Å². The molecule has 2 heterocycles. The molecule has 98 valence electrons. The maximum absolute atomic E-state index is 10.4. The van der Waals surface area contributed by atoms with Crippen LogP contribution in [0, 0.1) is 5.92 Å². The second-order valence-corrected chi connectivity index (χ2v) is 5.39. The lowest BCUT2D eigenvalue weighted by atomic mass is 9.88. The number of ether oxygens (including phenoxy) is 2. The molecule has 1 fully saturated rings. The second-order valence-electron chi connectivity index (χ2n) is 5.39. The van der Waals surface area contributed by atoms with Gasteiger partial charge in [-0.15, -0.1) is 0 Å². The van der Waals surface area contributed by atoms with Crippen LogP contribution in [0.2, 0.25) is 0 Å². The van der Waals surface area contributed by atoms with Crippen LogP contribution in [-0.4, -0.2) is 24.4 Å². The average Bonchev–Trinajstić information content (AvgIpc) is 2.78. The molecule has 1 saturated heterocycles. The van der Waals surface area contributed by atoms with Gasteiger partial charge in [0.2, 0.25) is 0 Å². The summed E-state index contributed by atoms with van der Waals surface area (Å²) in [6, 6.07) is 6.10. The van der Waals surface area contributed by atoms with E-state index in [-0.39, 0.29) is 12.2 Å². The predicted molar refractivity (Wildman–Crippen MR) is 68.7 cm³/mol.